The Labute approximate surface area is 186 Å². The van der Waals surface area contributed by atoms with Crippen molar-refractivity contribution in [3.05, 3.63) is 82.9 Å². The first-order valence-electron chi connectivity index (χ1n) is 10.1. The topological polar surface area (TPSA) is 63.2 Å². The summed E-state index contributed by atoms with van der Waals surface area (Å²) in [6.45, 7) is 0.487. The van der Waals surface area contributed by atoms with Crippen LogP contribution in [0.1, 0.15) is 21.5 Å². The number of hydrogen-bond donors (Lipinski definition) is 0. The first kappa shape index (κ1) is 21.3. The predicted molar refractivity (Wildman–Crippen MR) is 121 cm³/mol. The molecular formula is C26H24O6. The maximum Gasteiger partial charge on any atom is 0.204 e. The van der Waals surface area contributed by atoms with Crippen LogP contribution in [0.2, 0.25) is 0 Å². The second-order valence-electron chi connectivity index (χ2n) is 7.15. The van der Waals surface area contributed by atoms with Gasteiger partial charge in [0.25, 0.3) is 0 Å². The highest BCUT2D eigenvalue weighted by Crippen LogP contribution is 2.47. The molecule has 1 heterocycles. The van der Waals surface area contributed by atoms with E-state index in [9.17, 15) is 4.79 Å². The molecule has 6 heteroatoms. The fourth-order valence-electron chi connectivity index (χ4n) is 3.54. The molecule has 0 radical (unpaired) electrons. The number of ketones is 1. The van der Waals surface area contributed by atoms with E-state index in [1.807, 2.05) is 54.6 Å². The average molecular weight is 432 g/mol. The fraction of sp³-hybridized carbons (Fsp3) is 0.192. The normalized spacial score (nSPS) is 13.8. The van der Waals surface area contributed by atoms with Crippen LogP contribution in [-0.4, -0.2) is 33.7 Å². The van der Waals surface area contributed by atoms with Crippen molar-refractivity contribution in [2.75, 3.05) is 27.9 Å². The molecule has 0 bridgehead atoms. The zero-order valence-electron chi connectivity index (χ0n) is 18.2. The van der Waals surface area contributed by atoms with Crippen molar-refractivity contribution in [1.82, 2.24) is 0 Å². The van der Waals surface area contributed by atoms with E-state index in [1.165, 1.54) is 14.2 Å². The molecule has 0 fully saturated rings. The number of carbonyl (C=O) groups excluding carboxylic acids is 1. The molecule has 0 atom stereocenters. The minimum atomic E-state index is -0.174. The zero-order valence-corrected chi connectivity index (χ0v) is 18.2. The third kappa shape index (κ3) is 4.25. The molecule has 3 aromatic carbocycles. The van der Waals surface area contributed by atoms with Gasteiger partial charge >= 0.3 is 0 Å². The minimum Gasteiger partial charge on any atom is -0.497 e. The Hall–Kier alpha value is -3.93. The van der Waals surface area contributed by atoms with Crippen molar-refractivity contribution in [3.8, 4) is 28.7 Å². The summed E-state index contributed by atoms with van der Waals surface area (Å²) in [4.78, 5) is 13.3. The van der Waals surface area contributed by atoms with Crippen molar-refractivity contribution in [2.45, 2.75) is 6.61 Å². The molecule has 0 saturated carbocycles. The highest BCUT2D eigenvalue weighted by molar-refractivity contribution is 6.16. The summed E-state index contributed by atoms with van der Waals surface area (Å²) in [7, 11) is 4.62. The van der Waals surface area contributed by atoms with Gasteiger partial charge in [0.15, 0.2) is 17.3 Å². The van der Waals surface area contributed by atoms with Gasteiger partial charge in [-0.15, -0.1) is 0 Å². The van der Waals surface area contributed by atoms with Gasteiger partial charge in [0, 0.05) is 11.6 Å². The molecule has 0 N–H and O–H groups in total. The molecule has 32 heavy (non-hydrogen) atoms. The molecule has 6 nitrogen and oxygen atoms in total. The van der Waals surface area contributed by atoms with Crippen LogP contribution in [0.3, 0.4) is 0 Å². The maximum atomic E-state index is 13.3. The summed E-state index contributed by atoms with van der Waals surface area (Å²) < 4.78 is 28.2. The Bertz CT molecular complexity index is 1130. The van der Waals surface area contributed by atoms with E-state index in [2.05, 4.69) is 0 Å². The third-order valence-electron chi connectivity index (χ3n) is 5.17. The van der Waals surface area contributed by atoms with E-state index in [4.69, 9.17) is 23.7 Å². The number of carbonyl (C=O) groups is 1. The van der Waals surface area contributed by atoms with Gasteiger partial charge in [0.2, 0.25) is 5.75 Å². The number of Topliss-reactive ketones (excluding diaryl/α,β-unsaturated/α-hetero) is 1. The first-order chi connectivity index (χ1) is 15.6. The van der Waals surface area contributed by atoms with Crippen LogP contribution >= 0.6 is 0 Å². The van der Waals surface area contributed by atoms with Gasteiger partial charge in [0.1, 0.15) is 30.3 Å². The van der Waals surface area contributed by atoms with Crippen LogP contribution in [-0.2, 0) is 6.61 Å². The fourth-order valence-corrected chi connectivity index (χ4v) is 3.54. The Balaban J connectivity index is 1.67. The van der Waals surface area contributed by atoms with E-state index in [-0.39, 0.29) is 12.4 Å². The highest BCUT2D eigenvalue weighted by Gasteiger charge is 2.32. The Morgan fingerprint density at radius 3 is 2.28 bits per heavy atom. The zero-order chi connectivity index (χ0) is 22.5. The molecule has 4 rings (SSSR count). The Morgan fingerprint density at radius 2 is 1.62 bits per heavy atom. The van der Waals surface area contributed by atoms with Crippen LogP contribution in [0.15, 0.2) is 66.2 Å². The summed E-state index contributed by atoms with van der Waals surface area (Å²) in [5.74, 6) is 2.07. The molecule has 0 unspecified atom stereocenters. The molecule has 3 aromatic rings. The summed E-state index contributed by atoms with van der Waals surface area (Å²) in [5.41, 5.74) is 2.71. The molecular weight excluding hydrogens is 408 g/mol. The molecule has 0 aromatic heterocycles. The monoisotopic (exact) mass is 432 g/mol. The number of benzene rings is 3. The molecule has 1 aliphatic rings. The van der Waals surface area contributed by atoms with Crippen LogP contribution in [0.4, 0.5) is 0 Å². The largest absolute Gasteiger partial charge is 0.497 e. The number of rotatable bonds is 7. The van der Waals surface area contributed by atoms with E-state index < -0.39 is 0 Å². The van der Waals surface area contributed by atoms with Crippen LogP contribution in [0.25, 0.3) is 6.08 Å². The second-order valence-corrected chi connectivity index (χ2v) is 7.15. The van der Waals surface area contributed by atoms with Gasteiger partial charge in [-0.2, -0.15) is 0 Å². The van der Waals surface area contributed by atoms with Gasteiger partial charge in [-0.3, -0.25) is 4.79 Å². The lowest BCUT2D eigenvalue weighted by Crippen LogP contribution is -2.20. The quantitative estimate of drug-likeness (QED) is 0.492. The number of methoxy groups -OCH3 is 3. The SMILES string of the molecule is COc1ccc(/C=C2/COc3cc(OCc4ccccc4)c(OC)c(OC)c3C2=O)cc1. The highest BCUT2D eigenvalue weighted by atomic mass is 16.5. The summed E-state index contributed by atoms with van der Waals surface area (Å²) in [5, 5.41) is 0. The summed E-state index contributed by atoms with van der Waals surface area (Å²) >= 11 is 0. The standard InChI is InChI=1S/C26H24O6/c1-28-20-11-9-17(10-12-20)13-19-16-32-21-14-22(31-15-18-7-5-4-6-8-18)25(29-2)26(30-3)23(21)24(19)27/h4-14H,15-16H2,1-3H3/b19-13-. The van der Waals surface area contributed by atoms with E-state index >= 15 is 0 Å². The van der Waals surface area contributed by atoms with E-state index in [0.29, 0.717) is 40.7 Å². The molecule has 0 saturated heterocycles. The van der Waals surface area contributed by atoms with E-state index in [1.54, 1.807) is 19.3 Å². The molecule has 0 aliphatic carbocycles. The van der Waals surface area contributed by atoms with Crippen molar-refractivity contribution < 1.29 is 28.5 Å². The van der Waals surface area contributed by atoms with Crippen molar-refractivity contribution >= 4 is 11.9 Å². The van der Waals surface area contributed by atoms with Crippen molar-refractivity contribution in [2.24, 2.45) is 0 Å². The van der Waals surface area contributed by atoms with Crippen molar-refractivity contribution in [3.63, 3.8) is 0 Å². The van der Waals surface area contributed by atoms with Gasteiger partial charge in [-0.25, -0.2) is 0 Å². The van der Waals surface area contributed by atoms with Crippen molar-refractivity contribution in [1.29, 1.82) is 0 Å². The lowest BCUT2D eigenvalue weighted by molar-refractivity contribution is 0.0995. The lowest BCUT2D eigenvalue weighted by Gasteiger charge is -2.24. The first-order valence-corrected chi connectivity index (χ1v) is 10.1. The van der Waals surface area contributed by atoms with E-state index in [0.717, 1.165) is 16.9 Å². The Kier molecular flexibility index (Phi) is 6.31. The van der Waals surface area contributed by atoms with Gasteiger partial charge in [0.05, 0.1) is 21.3 Å². The number of fused-ring (bicyclic) bond motifs is 1. The van der Waals surface area contributed by atoms with Gasteiger partial charge in [-0.05, 0) is 29.3 Å². The molecule has 164 valence electrons. The predicted octanol–water partition coefficient (Wildman–Crippen LogP) is 4.95. The summed E-state index contributed by atoms with van der Waals surface area (Å²) in [6, 6.07) is 18.9. The average Bonchev–Trinajstić information content (AvgIpc) is 2.84. The van der Waals surface area contributed by atoms with Gasteiger partial charge in [-0.1, -0.05) is 42.5 Å². The third-order valence-corrected chi connectivity index (χ3v) is 5.17. The van der Waals surface area contributed by atoms with Crippen LogP contribution in [0, 0.1) is 0 Å². The van der Waals surface area contributed by atoms with Crippen LogP contribution < -0.4 is 23.7 Å². The van der Waals surface area contributed by atoms with Crippen LogP contribution in [0.5, 0.6) is 28.7 Å². The molecule has 0 amide bonds. The maximum absolute atomic E-state index is 13.3. The molecule has 0 spiro atoms. The summed E-state index contributed by atoms with van der Waals surface area (Å²) in [6.07, 6.45) is 1.80. The number of ether oxygens (including phenoxy) is 5. The number of hydrogen-bond acceptors (Lipinski definition) is 6. The smallest absolute Gasteiger partial charge is 0.204 e. The Morgan fingerprint density at radius 1 is 0.906 bits per heavy atom. The lowest BCUT2D eigenvalue weighted by atomic mass is 9.96. The second kappa shape index (κ2) is 9.47. The van der Waals surface area contributed by atoms with Gasteiger partial charge < -0.3 is 23.7 Å². The minimum absolute atomic E-state index is 0.144. The molecule has 1 aliphatic heterocycles.